The zero-order valence-corrected chi connectivity index (χ0v) is 25.0. The van der Waals surface area contributed by atoms with Crippen molar-refractivity contribution < 1.29 is 50.6 Å². The highest BCUT2D eigenvalue weighted by molar-refractivity contribution is 6.58. The number of hydrogen-bond donors (Lipinski definition) is 1. The highest BCUT2D eigenvalue weighted by atomic mass is 35.5. The Labute approximate surface area is 261 Å². The number of fused-ring (bicyclic) bond motifs is 4. The van der Waals surface area contributed by atoms with Gasteiger partial charge in [0.1, 0.15) is 5.69 Å². The summed E-state index contributed by atoms with van der Waals surface area (Å²) in [6, 6.07) is 3.13. The van der Waals surface area contributed by atoms with Gasteiger partial charge < -0.3 is 5.11 Å². The Balaban J connectivity index is 1.62. The predicted molar refractivity (Wildman–Crippen MR) is 146 cm³/mol. The van der Waals surface area contributed by atoms with Gasteiger partial charge >= 0.3 is 0 Å². The highest BCUT2D eigenvalue weighted by Gasteiger charge is 2.77. The van der Waals surface area contributed by atoms with E-state index in [4.69, 9.17) is 23.2 Å². The molecule has 1 N–H and O–H groups in total. The lowest BCUT2D eigenvalue weighted by atomic mass is 9.56. The van der Waals surface area contributed by atoms with Gasteiger partial charge in [0.2, 0.25) is 17.6 Å². The molecule has 0 radical (unpaired) electrons. The van der Waals surface area contributed by atoms with E-state index in [1.807, 2.05) is 0 Å². The number of likely N-dealkylation sites (tertiary alicyclic amines) is 1. The number of imide groups is 2. The number of aromatic hydroxyl groups is 1. The normalized spacial score (nSPS) is 31.3. The van der Waals surface area contributed by atoms with Gasteiger partial charge in [-0.05, 0) is 45.6 Å². The first-order valence-corrected chi connectivity index (χ1v) is 14.4. The maximum Gasteiger partial charge on any atom is 0.258 e. The SMILES string of the molecule is CC(C)(C)N1C(=O)[C@H]2[C@H](CC=C3[C@H]2C[C@@]2(Cl)C(=O)N(c4c(F)c(F)c(F)c(F)c4F)C(=O)[C@@]2(Cl)[C@H]3c2cccc(F)c2O)C1=O. The maximum absolute atomic E-state index is 15.0. The van der Waals surface area contributed by atoms with Crippen LogP contribution in [0.2, 0.25) is 0 Å². The summed E-state index contributed by atoms with van der Waals surface area (Å²) in [5, 5.41) is 10.8. The van der Waals surface area contributed by atoms with Gasteiger partial charge in [0.25, 0.3) is 11.8 Å². The molecule has 2 heterocycles. The fraction of sp³-hybridized carbons (Fsp3) is 0.400. The van der Waals surface area contributed by atoms with Crippen molar-refractivity contribution in [3.05, 3.63) is 70.3 Å². The van der Waals surface area contributed by atoms with Crippen molar-refractivity contribution in [3.8, 4) is 5.75 Å². The number of alkyl halides is 2. The molecule has 45 heavy (non-hydrogen) atoms. The largest absolute Gasteiger partial charge is 0.505 e. The van der Waals surface area contributed by atoms with Gasteiger partial charge in [0.05, 0.1) is 11.8 Å². The Morgan fingerprint density at radius 1 is 0.844 bits per heavy atom. The van der Waals surface area contributed by atoms with E-state index in [0.717, 1.165) is 23.1 Å². The Bertz CT molecular complexity index is 1770. The van der Waals surface area contributed by atoms with Gasteiger partial charge in [-0.3, -0.25) is 24.1 Å². The van der Waals surface area contributed by atoms with Gasteiger partial charge in [-0.25, -0.2) is 31.2 Å². The molecule has 6 rings (SSSR count). The maximum atomic E-state index is 15.0. The van der Waals surface area contributed by atoms with E-state index < -0.39 is 121 Å². The van der Waals surface area contributed by atoms with Gasteiger partial charge in [0, 0.05) is 17.0 Å². The number of carbonyl (C=O) groups is 4. The lowest BCUT2D eigenvalue weighted by Gasteiger charge is -2.50. The second-order valence-corrected chi connectivity index (χ2v) is 13.8. The molecule has 2 aliphatic heterocycles. The number of anilines is 1. The predicted octanol–water partition coefficient (Wildman–Crippen LogP) is 5.59. The van der Waals surface area contributed by atoms with E-state index in [1.165, 1.54) is 6.08 Å². The number of benzene rings is 2. The lowest BCUT2D eigenvalue weighted by Crippen LogP contribution is -2.60. The third-order valence-corrected chi connectivity index (χ3v) is 10.6. The molecule has 2 aliphatic carbocycles. The first-order chi connectivity index (χ1) is 20.8. The van der Waals surface area contributed by atoms with Crippen LogP contribution in [-0.2, 0) is 19.2 Å². The van der Waals surface area contributed by atoms with Crippen molar-refractivity contribution in [2.45, 2.75) is 54.8 Å². The van der Waals surface area contributed by atoms with Gasteiger partial charge in [-0.2, -0.15) is 0 Å². The van der Waals surface area contributed by atoms with Crippen LogP contribution in [0.1, 0.15) is 45.1 Å². The summed E-state index contributed by atoms with van der Waals surface area (Å²) in [5.74, 6) is -24.4. The molecule has 0 unspecified atom stereocenters. The average Bonchev–Trinajstić information content (AvgIpc) is 3.31. The molecule has 0 aromatic heterocycles. The molecule has 2 saturated heterocycles. The quantitative estimate of drug-likeness (QED) is 0.112. The number of carbonyl (C=O) groups excluding carboxylic acids is 4. The number of para-hydroxylation sites is 1. The Kier molecular flexibility index (Phi) is 6.78. The lowest BCUT2D eigenvalue weighted by molar-refractivity contribution is -0.145. The Morgan fingerprint density at radius 2 is 1.42 bits per heavy atom. The summed E-state index contributed by atoms with van der Waals surface area (Å²) >= 11 is 13.9. The minimum Gasteiger partial charge on any atom is -0.505 e. The number of amides is 4. The summed E-state index contributed by atoms with van der Waals surface area (Å²) in [7, 11) is 0. The molecule has 7 nitrogen and oxygen atoms in total. The minimum atomic E-state index is -2.86. The molecule has 0 spiro atoms. The number of phenols is 1. The smallest absolute Gasteiger partial charge is 0.258 e. The highest BCUT2D eigenvalue weighted by Crippen LogP contribution is 2.67. The van der Waals surface area contributed by atoms with E-state index in [1.54, 1.807) is 20.8 Å². The summed E-state index contributed by atoms with van der Waals surface area (Å²) in [6.45, 7) is 4.87. The van der Waals surface area contributed by atoms with Crippen molar-refractivity contribution in [2.75, 3.05) is 4.90 Å². The van der Waals surface area contributed by atoms with Crippen LogP contribution in [0, 0.1) is 52.7 Å². The van der Waals surface area contributed by atoms with Crippen molar-refractivity contribution in [1.82, 2.24) is 4.90 Å². The zero-order chi connectivity index (χ0) is 33.3. The molecule has 15 heteroatoms. The van der Waals surface area contributed by atoms with E-state index in [0.29, 0.717) is 0 Å². The fourth-order valence-corrected chi connectivity index (χ4v) is 8.27. The van der Waals surface area contributed by atoms with Crippen LogP contribution >= 0.6 is 23.2 Å². The summed E-state index contributed by atoms with van der Waals surface area (Å²) in [6.07, 6.45) is 0.675. The number of phenolic OH excluding ortho intramolecular Hbond substituents is 1. The molecule has 1 saturated carbocycles. The third kappa shape index (κ3) is 3.79. The molecule has 4 aliphatic rings. The average molecular weight is 675 g/mol. The van der Waals surface area contributed by atoms with Crippen LogP contribution in [-0.4, -0.2) is 48.9 Å². The monoisotopic (exact) mass is 674 g/mol. The van der Waals surface area contributed by atoms with Crippen molar-refractivity contribution in [1.29, 1.82) is 0 Å². The van der Waals surface area contributed by atoms with Crippen LogP contribution < -0.4 is 4.90 Å². The molecule has 2 aromatic rings. The first-order valence-electron chi connectivity index (χ1n) is 13.7. The molecular weight excluding hydrogens is 653 g/mol. The second kappa shape index (κ2) is 9.71. The van der Waals surface area contributed by atoms with Gasteiger partial charge in [-0.1, -0.05) is 23.8 Å². The first kappa shape index (κ1) is 31.4. The molecule has 6 atom stereocenters. The van der Waals surface area contributed by atoms with Crippen LogP contribution in [0.4, 0.5) is 32.0 Å². The van der Waals surface area contributed by atoms with Crippen molar-refractivity contribution in [2.24, 2.45) is 17.8 Å². The number of hydrogen-bond acceptors (Lipinski definition) is 5. The fourth-order valence-electron chi connectivity index (χ4n) is 7.34. The summed E-state index contributed by atoms with van der Waals surface area (Å²) in [5.41, 5.74) is -3.22. The van der Waals surface area contributed by atoms with Gasteiger partial charge in [0.15, 0.2) is 44.6 Å². The number of halogens is 8. The van der Waals surface area contributed by atoms with E-state index in [9.17, 15) is 41.8 Å². The third-order valence-electron chi connectivity index (χ3n) is 9.22. The van der Waals surface area contributed by atoms with Crippen LogP contribution in [0.3, 0.4) is 0 Å². The minimum absolute atomic E-state index is 0.0774. The van der Waals surface area contributed by atoms with Crippen molar-refractivity contribution in [3.63, 3.8) is 0 Å². The molecule has 2 aromatic carbocycles. The number of rotatable bonds is 2. The molecular formula is C30H22Cl2F6N2O5. The number of nitrogens with zero attached hydrogens (tertiary/aromatic N) is 2. The Morgan fingerprint density at radius 3 is 2.00 bits per heavy atom. The Hall–Kier alpha value is -3.58. The van der Waals surface area contributed by atoms with Crippen LogP contribution in [0.5, 0.6) is 5.75 Å². The molecule has 0 bridgehead atoms. The molecule has 3 fully saturated rings. The number of allylic oxidation sites excluding steroid dienone is 2. The molecule has 4 amide bonds. The van der Waals surface area contributed by atoms with Crippen molar-refractivity contribution >= 4 is 52.5 Å². The summed E-state index contributed by atoms with van der Waals surface area (Å²) < 4.78 is 87.3. The zero-order valence-electron chi connectivity index (χ0n) is 23.5. The van der Waals surface area contributed by atoms with E-state index >= 15 is 8.78 Å². The van der Waals surface area contributed by atoms with Crippen LogP contribution in [0.15, 0.2) is 29.8 Å². The summed E-state index contributed by atoms with van der Waals surface area (Å²) in [4.78, 5) is 50.6. The standard InChI is InChI=1S/C30H22Cl2F6N2O5/c1-28(2,3)40-24(42)11-8-7-10-13(15(11)25(40)43)9-29(31)26(44)39(22-20(37)18(35)17(34)19(36)21(22)38)27(45)30(29,32)16(10)12-5-4-6-14(33)23(12)41/h4-7,11,13,15-16,41H,8-9H2,1-3H3/t11-,13+,15-,16+,29+,30-/m0/s1. The van der Waals surface area contributed by atoms with E-state index in [-0.39, 0.29) is 16.9 Å². The van der Waals surface area contributed by atoms with Gasteiger partial charge in [-0.15, -0.1) is 23.2 Å². The molecule has 238 valence electrons. The topological polar surface area (TPSA) is 95.0 Å². The second-order valence-electron chi connectivity index (χ2n) is 12.6. The van der Waals surface area contributed by atoms with E-state index in [2.05, 4.69) is 0 Å². The van der Waals surface area contributed by atoms with Crippen LogP contribution in [0.25, 0.3) is 0 Å².